The van der Waals surface area contributed by atoms with Gasteiger partial charge in [-0.2, -0.15) is 5.26 Å². The molecule has 3 rings (SSSR count). The maximum absolute atomic E-state index is 14.3. The molecular formula is C33H37ClN4O4. The molecule has 42 heavy (non-hydrogen) atoms. The minimum atomic E-state index is -1.20. The number of carbonyl (C=O) groups is 3. The van der Waals surface area contributed by atoms with Gasteiger partial charge in [-0.1, -0.05) is 77.8 Å². The SMILES string of the molecule is Cc1ccc(C(C(=O)Nc2c(C)cccc2Cl)N(CC#N)C(=O)C(Cc2ccccc2)NC(=O)OC(C)(C)C)c(C)c1. The Morgan fingerprint density at radius 2 is 1.67 bits per heavy atom. The van der Waals surface area contributed by atoms with E-state index in [9.17, 15) is 19.6 Å². The summed E-state index contributed by atoms with van der Waals surface area (Å²) in [6, 6.07) is 19.7. The highest BCUT2D eigenvalue weighted by molar-refractivity contribution is 6.34. The summed E-state index contributed by atoms with van der Waals surface area (Å²) in [5.74, 6) is -1.15. The van der Waals surface area contributed by atoms with Crippen LogP contribution in [-0.2, 0) is 20.7 Å². The minimum Gasteiger partial charge on any atom is -0.444 e. The Labute approximate surface area is 252 Å². The molecule has 0 aromatic heterocycles. The number of alkyl carbamates (subject to hydrolysis) is 1. The van der Waals surface area contributed by atoms with Gasteiger partial charge < -0.3 is 20.3 Å². The van der Waals surface area contributed by atoms with Gasteiger partial charge >= 0.3 is 6.09 Å². The van der Waals surface area contributed by atoms with Crippen LogP contribution >= 0.6 is 11.6 Å². The average Bonchev–Trinajstić information content (AvgIpc) is 2.90. The zero-order valence-corrected chi connectivity index (χ0v) is 25.6. The Morgan fingerprint density at radius 3 is 2.26 bits per heavy atom. The van der Waals surface area contributed by atoms with Crippen LogP contribution in [0.1, 0.15) is 54.6 Å². The van der Waals surface area contributed by atoms with Crippen molar-refractivity contribution in [2.24, 2.45) is 0 Å². The molecule has 2 N–H and O–H groups in total. The van der Waals surface area contributed by atoms with Crippen LogP contribution < -0.4 is 10.6 Å². The van der Waals surface area contributed by atoms with Crippen molar-refractivity contribution in [3.8, 4) is 6.07 Å². The van der Waals surface area contributed by atoms with E-state index in [2.05, 4.69) is 10.6 Å². The van der Waals surface area contributed by atoms with Gasteiger partial charge in [-0.05, 0) is 69.9 Å². The second-order valence-corrected chi connectivity index (χ2v) is 11.6. The molecule has 220 valence electrons. The Morgan fingerprint density at radius 1 is 0.976 bits per heavy atom. The van der Waals surface area contributed by atoms with E-state index >= 15 is 0 Å². The van der Waals surface area contributed by atoms with E-state index in [-0.39, 0.29) is 6.42 Å². The lowest BCUT2D eigenvalue weighted by molar-refractivity contribution is -0.140. The van der Waals surface area contributed by atoms with Gasteiger partial charge in [-0.25, -0.2) is 4.79 Å². The van der Waals surface area contributed by atoms with E-state index in [0.717, 1.165) is 22.3 Å². The van der Waals surface area contributed by atoms with Crippen molar-refractivity contribution >= 4 is 35.2 Å². The van der Waals surface area contributed by atoms with E-state index in [1.807, 2.05) is 75.4 Å². The van der Waals surface area contributed by atoms with E-state index in [0.29, 0.717) is 16.3 Å². The van der Waals surface area contributed by atoms with Crippen LogP contribution in [0, 0.1) is 32.1 Å². The van der Waals surface area contributed by atoms with Crippen molar-refractivity contribution < 1.29 is 19.1 Å². The summed E-state index contributed by atoms with van der Waals surface area (Å²) in [5, 5.41) is 15.8. The molecule has 0 radical (unpaired) electrons. The number of anilines is 1. The normalized spacial score (nSPS) is 12.4. The molecular weight excluding hydrogens is 552 g/mol. The lowest BCUT2D eigenvalue weighted by Crippen LogP contribution is -2.53. The number of para-hydroxylation sites is 1. The third kappa shape index (κ3) is 8.58. The fourth-order valence-electron chi connectivity index (χ4n) is 4.64. The molecule has 0 aliphatic rings. The third-order valence-electron chi connectivity index (χ3n) is 6.55. The Bertz CT molecular complexity index is 1460. The molecule has 3 amide bonds. The Hall–Kier alpha value is -4.35. The Kier molecular flexibility index (Phi) is 10.7. The first-order chi connectivity index (χ1) is 19.8. The highest BCUT2D eigenvalue weighted by Gasteiger charge is 2.37. The molecule has 3 aromatic rings. The first kappa shape index (κ1) is 32.2. The first-order valence-corrected chi connectivity index (χ1v) is 14.0. The molecule has 2 atom stereocenters. The maximum atomic E-state index is 14.3. The van der Waals surface area contributed by atoms with Crippen LogP contribution in [0.2, 0.25) is 5.02 Å². The number of nitrogens with one attached hydrogen (secondary N) is 2. The second kappa shape index (κ2) is 14.0. The molecule has 0 spiro atoms. The van der Waals surface area contributed by atoms with Crippen LogP contribution in [0.15, 0.2) is 66.7 Å². The van der Waals surface area contributed by atoms with Gasteiger partial charge in [0.15, 0.2) is 0 Å². The fraction of sp³-hybridized carbons (Fsp3) is 0.333. The number of nitrogens with zero attached hydrogens (tertiary/aromatic N) is 2. The highest BCUT2D eigenvalue weighted by Crippen LogP contribution is 2.31. The van der Waals surface area contributed by atoms with Crippen LogP contribution in [0.25, 0.3) is 0 Å². The number of hydrogen-bond acceptors (Lipinski definition) is 5. The van der Waals surface area contributed by atoms with Crippen molar-refractivity contribution in [3.05, 3.63) is 99.6 Å². The number of carbonyl (C=O) groups excluding carboxylic acids is 3. The number of nitriles is 1. The molecule has 0 fully saturated rings. The number of benzene rings is 3. The molecule has 3 aromatic carbocycles. The Balaban J connectivity index is 2.10. The number of amides is 3. The largest absolute Gasteiger partial charge is 0.444 e. The average molecular weight is 589 g/mol. The van der Waals surface area contributed by atoms with E-state index in [1.54, 1.807) is 39.0 Å². The highest BCUT2D eigenvalue weighted by atomic mass is 35.5. The van der Waals surface area contributed by atoms with Gasteiger partial charge in [-0.3, -0.25) is 9.59 Å². The molecule has 0 saturated carbocycles. The number of aryl methyl sites for hydroxylation is 3. The summed E-state index contributed by atoms with van der Waals surface area (Å²) >= 11 is 6.42. The summed E-state index contributed by atoms with van der Waals surface area (Å²) in [4.78, 5) is 42.5. The zero-order valence-electron chi connectivity index (χ0n) is 24.8. The van der Waals surface area contributed by atoms with Crippen LogP contribution in [0.5, 0.6) is 0 Å². The molecule has 9 heteroatoms. The molecule has 0 aliphatic heterocycles. The van der Waals surface area contributed by atoms with Gasteiger partial charge in [0, 0.05) is 6.42 Å². The van der Waals surface area contributed by atoms with Crippen molar-refractivity contribution in [2.75, 3.05) is 11.9 Å². The van der Waals surface area contributed by atoms with Gasteiger partial charge in [-0.15, -0.1) is 0 Å². The van der Waals surface area contributed by atoms with E-state index in [1.165, 1.54) is 4.90 Å². The standard InChI is InChI=1S/C33H37ClN4O4/c1-21-15-16-25(23(3)19-21)29(30(39)37-28-22(2)11-10-14-26(28)34)38(18-17-35)31(40)27(20-24-12-8-7-9-13-24)36-32(41)42-33(4,5)6/h7-16,19,27,29H,18,20H2,1-6H3,(H,36,41)(H,37,39). The van der Waals surface area contributed by atoms with Crippen molar-refractivity contribution in [1.82, 2.24) is 10.2 Å². The van der Waals surface area contributed by atoms with Gasteiger partial charge in [0.1, 0.15) is 24.2 Å². The molecule has 0 heterocycles. The van der Waals surface area contributed by atoms with E-state index in [4.69, 9.17) is 16.3 Å². The summed E-state index contributed by atoms with van der Waals surface area (Å²) in [7, 11) is 0. The predicted octanol–water partition coefficient (Wildman–Crippen LogP) is 6.43. The van der Waals surface area contributed by atoms with Gasteiger partial charge in [0.2, 0.25) is 5.91 Å². The summed E-state index contributed by atoms with van der Waals surface area (Å²) in [6.45, 7) is 10.3. The third-order valence-corrected chi connectivity index (χ3v) is 6.86. The van der Waals surface area contributed by atoms with Gasteiger partial charge in [0.05, 0.1) is 16.8 Å². The molecule has 0 bridgehead atoms. The maximum Gasteiger partial charge on any atom is 0.408 e. The topological polar surface area (TPSA) is 112 Å². The number of rotatable bonds is 9. The quantitative estimate of drug-likeness (QED) is 0.280. The predicted molar refractivity (Wildman–Crippen MR) is 164 cm³/mol. The van der Waals surface area contributed by atoms with E-state index < -0.39 is 42.1 Å². The summed E-state index contributed by atoms with van der Waals surface area (Å²) in [5.41, 5.74) is 3.42. The van der Waals surface area contributed by atoms with Crippen molar-refractivity contribution in [1.29, 1.82) is 5.26 Å². The van der Waals surface area contributed by atoms with Crippen molar-refractivity contribution in [2.45, 2.75) is 65.6 Å². The van der Waals surface area contributed by atoms with Crippen LogP contribution in [-0.4, -0.2) is 41.0 Å². The minimum absolute atomic E-state index is 0.117. The molecule has 8 nitrogen and oxygen atoms in total. The number of hydrogen-bond donors (Lipinski definition) is 2. The zero-order chi connectivity index (χ0) is 31.0. The van der Waals surface area contributed by atoms with Gasteiger partial charge in [0.25, 0.3) is 5.91 Å². The number of halogens is 1. The summed E-state index contributed by atoms with van der Waals surface area (Å²) in [6.07, 6.45) is -0.668. The first-order valence-electron chi connectivity index (χ1n) is 13.6. The lowest BCUT2D eigenvalue weighted by Gasteiger charge is -2.34. The van der Waals surface area contributed by atoms with Crippen LogP contribution in [0.3, 0.4) is 0 Å². The smallest absolute Gasteiger partial charge is 0.408 e. The lowest BCUT2D eigenvalue weighted by atomic mass is 9.95. The molecule has 0 aliphatic carbocycles. The second-order valence-electron chi connectivity index (χ2n) is 11.2. The monoisotopic (exact) mass is 588 g/mol. The van der Waals surface area contributed by atoms with Crippen molar-refractivity contribution in [3.63, 3.8) is 0 Å². The van der Waals surface area contributed by atoms with Crippen LogP contribution in [0.4, 0.5) is 10.5 Å². The summed E-state index contributed by atoms with van der Waals surface area (Å²) < 4.78 is 5.45. The molecule has 0 saturated heterocycles. The number of ether oxygens (including phenoxy) is 1. The fourth-order valence-corrected chi connectivity index (χ4v) is 4.91. The molecule has 2 unspecified atom stereocenters.